The van der Waals surface area contributed by atoms with E-state index in [0.717, 1.165) is 0 Å². The van der Waals surface area contributed by atoms with E-state index in [2.05, 4.69) is 5.32 Å². The minimum atomic E-state index is -1.63. The first-order chi connectivity index (χ1) is 18.1. The molecule has 1 saturated heterocycles. The Kier molecular flexibility index (Phi) is 8.09. The van der Waals surface area contributed by atoms with Gasteiger partial charge < -0.3 is 50.4 Å². The second kappa shape index (κ2) is 11.1. The zero-order chi connectivity index (χ0) is 27.7. The minimum Gasteiger partial charge on any atom is -0.492 e. The van der Waals surface area contributed by atoms with Crippen molar-refractivity contribution in [2.24, 2.45) is 0 Å². The van der Waals surface area contributed by atoms with E-state index in [9.17, 15) is 30.0 Å². The zero-order valence-electron chi connectivity index (χ0n) is 21.2. The Bertz CT molecular complexity index is 1270. The van der Waals surface area contributed by atoms with Crippen molar-refractivity contribution >= 4 is 11.6 Å². The molecule has 1 amide bonds. The van der Waals surface area contributed by atoms with Gasteiger partial charge in [-0.05, 0) is 47.7 Å². The molecule has 0 aromatic heterocycles. The van der Waals surface area contributed by atoms with Crippen molar-refractivity contribution in [1.29, 1.82) is 0 Å². The third-order valence-corrected chi connectivity index (χ3v) is 6.82. The number of ether oxygens (including phenoxy) is 4. The fourth-order valence-corrected chi connectivity index (χ4v) is 4.95. The molecule has 2 aliphatic rings. The van der Waals surface area contributed by atoms with Gasteiger partial charge in [-0.25, -0.2) is 0 Å². The number of hydrogen-bond acceptors (Lipinski definition) is 11. The number of carbonyl (C=O) groups is 1. The maximum absolute atomic E-state index is 12.6. The highest BCUT2D eigenvalue weighted by molar-refractivity contribution is 5.83. The van der Waals surface area contributed by atoms with Crippen LogP contribution in [0.3, 0.4) is 0 Å². The first-order valence-electron chi connectivity index (χ1n) is 12.1. The van der Waals surface area contributed by atoms with Crippen LogP contribution in [0, 0.1) is 0 Å². The van der Waals surface area contributed by atoms with Gasteiger partial charge >= 0.3 is 0 Å². The molecule has 2 aromatic rings. The van der Waals surface area contributed by atoms with E-state index >= 15 is 0 Å². The third kappa shape index (κ3) is 5.00. The smallest absolute Gasteiger partial charge is 0.229 e. The Morgan fingerprint density at radius 2 is 1.82 bits per heavy atom. The van der Waals surface area contributed by atoms with Crippen molar-refractivity contribution < 1.29 is 44.2 Å². The van der Waals surface area contributed by atoms with Crippen LogP contribution in [0.1, 0.15) is 30.5 Å². The molecule has 12 heteroatoms. The summed E-state index contributed by atoms with van der Waals surface area (Å²) in [6.45, 7) is 0.780. The average molecular weight is 533 g/mol. The second-order valence-corrected chi connectivity index (χ2v) is 9.25. The maximum Gasteiger partial charge on any atom is 0.229 e. The van der Waals surface area contributed by atoms with E-state index in [4.69, 9.17) is 24.7 Å². The van der Waals surface area contributed by atoms with Crippen molar-refractivity contribution in [2.75, 3.05) is 26.6 Å². The lowest BCUT2D eigenvalue weighted by Crippen LogP contribution is -2.60. The molecule has 12 nitrogen and oxygen atoms in total. The summed E-state index contributed by atoms with van der Waals surface area (Å²) in [7, 11) is 2.82. The van der Waals surface area contributed by atoms with E-state index in [1.165, 1.54) is 33.3 Å². The number of aryl methyl sites for hydroxylation is 1. The van der Waals surface area contributed by atoms with Crippen LogP contribution in [-0.4, -0.2) is 77.9 Å². The second-order valence-electron chi connectivity index (χ2n) is 9.25. The van der Waals surface area contributed by atoms with E-state index in [-0.39, 0.29) is 28.8 Å². The molecular formula is C26H32N2O10. The number of nitrogens with two attached hydrogens (primary N) is 1. The SMILES string of the molecule is COc1c(O[C@@H]2O[C@H](CO)[C@@H](O)[C@H](O)[C@H]2O)cc2c(c1OC)-c1ccc(N)c(=O)cc1C(NC(C)=O)CC2. The van der Waals surface area contributed by atoms with Gasteiger partial charge in [0.15, 0.2) is 11.5 Å². The minimum absolute atomic E-state index is 0.0368. The summed E-state index contributed by atoms with van der Waals surface area (Å²) in [6, 6.07) is 5.74. The van der Waals surface area contributed by atoms with Gasteiger partial charge in [0.1, 0.15) is 24.4 Å². The van der Waals surface area contributed by atoms with Crippen LogP contribution in [-0.2, 0) is 16.0 Å². The van der Waals surface area contributed by atoms with Crippen LogP contribution >= 0.6 is 0 Å². The molecule has 0 radical (unpaired) electrons. The molecule has 38 heavy (non-hydrogen) atoms. The van der Waals surface area contributed by atoms with E-state index in [0.29, 0.717) is 35.1 Å². The van der Waals surface area contributed by atoms with Crippen molar-refractivity contribution in [3.05, 3.63) is 45.6 Å². The Labute approximate surface area is 218 Å². The molecule has 2 aromatic carbocycles. The molecule has 1 aliphatic heterocycles. The highest BCUT2D eigenvalue weighted by atomic mass is 16.7. The highest BCUT2D eigenvalue weighted by Gasteiger charge is 2.45. The highest BCUT2D eigenvalue weighted by Crippen LogP contribution is 2.50. The van der Waals surface area contributed by atoms with Crippen molar-refractivity contribution in [3.8, 4) is 28.4 Å². The Morgan fingerprint density at radius 1 is 1.11 bits per heavy atom. The van der Waals surface area contributed by atoms with E-state index in [1.807, 2.05) is 0 Å². The topological polar surface area (TPSA) is 190 Å². The first kappa shape index (κ1) is 27.6. The standard InChI is InChI=1S/C26H32N2O10/c1-11(30)28-16-7-4-12-8-18(37-26-23(34)22(33)21(32)19(10-29)38-26)24(35-2)25(36-3)20(12)13-5-6-15(27)17(31)9-14(13)16/h5-6,8-9,16,19,21-23,26,29,32-34H,4,7,10H2,1-3H3,(H2,27,31)(H,28,30)/t16?,19-,21-,22+,23-,26-/m1/s1. The number of nitrogen functional groups attached to an aromatic ring is 1. The molecule has 0 saturated carbocycles. The largest absolute Gasteiger partial charge is 0.492 e. The molecule has 1 heterocycles. The molecule has 0 spiro atoms. The molecule has 6 atom stereocenters. The van der Waals surface area contributed by atoms with Gasteiger partial charge in [0.2, 0.25) is 23.4 Å². The number of rotatable bonds is 6. The Morgan fingerprint density at radius 3 is 2.45 bits per heavy atom. The predicted molar refractivity (Wildman–Crippen MR) is 135 cm³/mol. The van der Waals surface area contributed by atoms with Crippen molar-refractivity contribution in [1.82, 2.24) is 5.32 Å². The van der Waals surface area contributed by atoms with Crippen molar-refractivity contribution in [2.45, 2.75) is 56.5 Å². The van der Waals surface area contributed by atoms with Gasteiger partial charge in [-0.1, -0.05) is 6.07 Å². The molecule has 0 bridgehead atoms. The molecule has 1 fully saturated rings. The van der Waals surface area contributed by atoms with E-state index in [1.54, 1.807) is 12.1 Å². The summed E-state index contributed by atoms with van der Waals surface area (Å²) in [5, 5.41) is 43.2. The summed E-state index contributed by atoms with van der Waals surface area (Å²) >= 11 is 0. The number of fused-ring (bicyclic) bond motifs is 3. The summed E-state index contributed by atoms with van der Waals surface area (Å²) in [5.74, 6) is 0.229. The van der Waals surface area contributed by atoms with Gasteiger partial charge in [0.05, 0.1) is 32.6 Å². The molecule has 1 aliphatic carbocycles. The van der Waals surface area contributed by atoms with Crippen LogP contribution in [0.5, 0.6) is 17.2 Å². The number of nitrogens with one attached hydrogen (secondary N) is 1. The average Bonchev–Trinajstić information content (AvgIpc) is 3.12. The lowest BCUT2D eigenvalue weighted by molar-refractivity contribution is -0.277. The monoisotopic (exact) mass is 532 g/mol. The third-order valence-electron chi connectivity index (χ3n) is 6.82. The van der Waals surface area contributed by atoms with Gasteiger partial charge in [-0.2, -0.15) is 0 Å². The van der Waals surface area contributed by atoms with Gasteiger partial charge in [0, 0.05) is 12.5 Å². The van der Waals surface area contributed by atoms with Crippen LogP contribution in [0.25, 0.3) is 11.1 Å². The number of benzene rings is 1. The number of aliphatic hydroxyl groups is 4. The summed E-state index contributed by atoms with van der Waals surface area (Å²) < 4.78 is 22.8. The fraction of sp³-hybridized carbons (Fsp3) is 0.462. The summed E-state index contributed by atoms with van der Waals surface area (Å²) in [4.78, 5) is 24.6. The molecule has 7 N–H and O–H groups in total. The number of carbonyl (C=O) groups excluding carboxylic acids is 1. The molecular weight excluding hydrogens is 500 g/mol. The van der Waals surface area contributed by atoms with Gasteiger partial charge in [-0.15, -0.1) is 0 Å². The first-order valence-corrected chi connectivity index (χ1v) is 12.1. The predicted octanol–water partition coefficient (Wildman–Crippen LogP) is -0.385. The summed E-state index contributed by atoms with van der Waals surface area (Å²) in [6.07, 6.45) is -6.57. The lowest BCUT2D eigenvalue weighted by atomic mass is 9.95. The fourth-order valence-electron chi connectivity index (χ4n) is 4.95. The number of hydrogen-bond donors (Lipinski definition) is 6. The van der Waals surface area contributed by atoms with Crippen LogP contribution in [0.2, 0.25) is 0 Å². The van der Waals surface area contributed by atoms with Crippen LogP contribution < -0.4 is 30.7 Å². The summed E-state index contributed by atoms with van der Waals surface area (Å²) in [5.41, 5.74) is 8.03. The zero-order valence-corrected chi connectivity index (χ0v) is 21.2. The lowest BCUT2D eigenvalue weighted by Gasteiger charge is -2.39. The molecule has 4 rings (SSSR count). The van der Waals surface area contributed by atoms with Crippen molar-refractivity contribution in [3.63, 3.8) is 0 Å². The van der Waals surface area contributed by atoms with Gasteiger partial charge in [0.25, 0.3) is 0 Å². The van der Waals surface area contributed by atoms with Crippen LogP contribution in [0.4, 0.5) is 5.69 Å². The molecule has 206 valence electrons. The number of methoxy groups -OCH3 is 2. The number of anilines is 1. The van der Waals surface area contributed by atoms with Crippen LogP contribution in [0.15, 0.2) is 29.1 Å². The number of amides is 1. The normalized spacial score (nSPS) is 26.4. The number of aliphatic hydroxyl groups excluding tert-OH is 4. The molecule has 1 unspecified atom stereocenters. The van der Waals surface area contributed by atoms with E-state index < -0.39 is 48.8 Å². The Hall–Kier alpha value is -3.42. The Balaban J connectivity index is 1.88. The van der Waals surface area contributed by atoms with Gasteiger partial charge in [-0.3, -0.25) is 9.59 Å². The quantitative estimate of drug-likeness (QED) is 0.284. The maximum atomic E-state index is 12.6.